The summed E-state index contributed by atoms with van der Waals surface area (Å²) in [6, 6.07) is 15.2. The van der Waals surface area contributed by atoms with Crippen molar-refractivity contribution in [3.8, 4) is 5.82 Å². The molecule has 0 aliphatic heterocycles. The van der Waals surface area contributed by atoms with Gasteiger partial charge in [-0.15, -0.1) is 16.9 Å². The summed E-state index contributed by atoms with van der Waals surface area (Å²) < 4.78 is 6.03. The van der Waals surface area contributed by atoms with E-state index in [1.54, 1.807) is 19.1 Å². The lowest BCUT2D eigenvalue weighted by Gasteiger charge is -2.06. The molecule has 12 heteroatoms. The molecule has 0 radical (unpaired) electrons. The zero-order valence-electron chi connectivity index (χ0n) is 17.7. The second-order valence-corrected chi connectivity index (χ2v) is 8.50. The smallest absolute Gasteiger partial charge is 0.293 e. The van der Waals surface area contributed by atoms with Crippen LogP contribution in [0.3, 0.4) is 0 Å². The Kier molecular flexibility index (Phi) is 6.71. The molecule has 4 aromatic rings. The molecule has 0 bridgehead atoms. The van der Waals surface area contributed by atoms with Crippen LogP contribution in [0, 0.1) is 6.92 Å². The highest BCUT2D eigenvalue weighted by molar-refractivity contribution is 7.98. The standard InChI is InChI=1S/C21H19ClN8O2S/c1-12-3-9-16(10-4-12)33-11-17-18(25-29-30(17)20-19(23)27-32-28-20)21(31)26-24-13(2)14-5-7-15(22)8-6-14/h3-10H,11H2,1-2H3,(H2,23,27)(H,26,31). The van der Waals surface area contributed by atoms with Crippen LogP contribution in [-0.2, 0) is 5.75 Å². The van der Waals surface area contributed by atoms with Gasteiger partial charge in [-0.25, -0.2) is 10.1 Å². The number of nitrogen functional groups attached to an aromatic ring is 1. The third-order valence-corrected chi connectivity index (χ3v) is 5.93. The number of hydrogen-bond donors (Lipinski definition) is 2. The maximum absolute atomic E-state index is 12.9. The molecule has 33 heavy (non-hydrogen) atoms. The minimum atomic E-state index is -0.524. The lowest BCUT2D eigenvalue weighted by Crippen LogP contribution is -2.21. The lowest BCUT2D eigenvalue weighted by molar-refractivity contribution is 0.0949. The van der Waals surface area contributed by atoms with E-state index >= 15 is 0 Å². The van der Waals surface area contributed by atoms with Gasteiger partial charge in [-0.1, -0.05) is 46.6 Å². The van der Waals surface area contributed by atoms with Gasteiger partial charge in [0, 0.05) is 15.7 Å². The molecule has 0 fully saturated rings. The molecule has 2 heterocycles. The van der Waals surface area contributed by atoms with E-state index in [4.69, 9.17) is 17.3 Å². The molecular formula is C21H19ClN8O2S. The first-order valence-corrected chi connectivity index (χ1v) is 11.1. The van der Waals surface area contributed by atoms with E-state index in [9.17, 15) is 4.79 Å². The minimum absolute atomic E-state index is 0.0325. The molecule has 0 aliphatic rings. The van der Waals surface area contributed by atoms with Crippen LogP contribution >= 0.6 is 23.4 Å². The number of nitrogens with one attached hydrogen (secondary N) is 1. The molecule has 0 aliphatic carbocycles. The van der Waals surface area contributed by atoms with Gasteiger partial charge < -0.3 is 5.73 Å². The summed E-state index contributed by atoms with van der Waals surface area (Å²) >= 11 is 7.43. The largest absolute Gasteiger partial charge is 0.378 e. The maximum Gasteiger partial charge on any atom is 0.293 e. The molecule has 10 nitrogen and oxygen atoms in total. The topological polar surface area (TPSA) is 137 Å². The molecule has 168 valence electrons. The SMILES string of the molecule is CC(=NNC(=O)c1nnn(-c2nonc2N)c1CSc1ccc(C)cc1)c1ccc(Cl)cc1. The minimum Gasteiger partial charge on any atom is -0.378 e. The van der Waals surface area contributed by atoms with Gasteiger partial charge >= 0.3 is 0 Å². The summed E-state index contributed by atoms with van der Waals surface area (Å²) in [5.41, 5.74) is 11.5. The molecule has 2 aromatic carbocycles. The molecule has 0 saturated heterocycles. The Balaban J connectivity index is 1.59. The zero-order valence-corrected chi connectivity index (χ0v) is 19.3. The van der Waals surface area contributed by atoms with Gasteiger partial charge in [-0.3, -0.25) is 4.79 Å². The number of rotatable bonds is 7. The molecule has 2 aromatic heterocycles. The van der Waals surface area contributed by atoms with Crippen molar-refractivity contribution in [2.24, 2.45) is 5.10 Å². The van der Waals surface area contributed by atoms with Crippen molar-refractivity contribution < 1.29 is 9.42 Å². The highest BCUT2D eigenvalue weighted by atomic mass is 35.5. The average molecular weight is 483 g/mol. The van der Waals surface area contributed by atoms with Crippen molar-refractivity contribution in [3.05, 3.63) is 76.1 Å². The van der Waals surface area contributed by atoms with E-state index in [2.05, 4.69) is 35.8 Å². The Bertz CT molecular complexity index is 1300. The van der Waals surface area contributed by atoms with Crippen molar-refractivity contribution >= 4 is 40.8 Å². The third kappa shape index (κ3) is 5.21. The lowest BCUT2D eigenvalue weighted by atomic mass is 10.1. The van der Waals surface area contributed by atoms with Crippen LogP contribution in [0.5, 0.6) is 0 Å². The van der Waals surface area contributed by atoms with E-state index in [0.717, 1.165) is 16.0 Å². The van der Waals surface area contributed by atoms with E-state index in [1.165, 1.54) is 16.4 Å². The van der Waals surface area contributed by atoms with Crippen LogP contribution in [0.2, 0.25) is 5.02 Å². The first-order valence-electron chi connectivity index (χ1n) is 9.75. The summed E-state index contributed by atoms with van der Waals surface area (Å²) in [5.74, 6) is 0.0291. The first-order chi connectivity index (χ1) is 15.9. The van der Waals surface area contributed by atoms with Crippen LogP contribution in [0.1, 0.15) is 34.2 Å². The van der Waals surface area contributed by atoms with Crippen molar-refractivity contribution in [1.29, 1.82) is 0 Å². The number of hydrogen-bond acceptors (Lipinski definition) is 9. The van der Waals surface area contributed by atoms with E-state index in [0.29, 0.717) is 22.2 Å². The van der Waals surface area contributed by atoms with Gasteiger partial charge in [-0.2, -0.15) is 9.78 Å². The summed E-state index contributed by atoms with van der Waals surface area (Å²) in [6.45, 7) is 3.79. The molecule has 0 unspecified atom stereocenters. The number of hydrazone groups is 1. The van der Waals surface area contributed by atoms with Crippen LogP contribution in [0.4, 0.5) is 5.82 Å². The van der Waals surface area contributed by atoms with Crippen LogP contribution in [-0.4, -0.2) is 36.9 Å². The number of halogens is 1. The number of carbonyl (C=O) groups excluding carboxylic acids is 1. The monoisotopic (exact) mass is 482 g/mol. The van der Waals surface area contributed by atoms with Gasteiger partial charge in [0.15, 0.2) is 5.69 Å². The van der Waals surface area contributed by atoms with Crippen molar-refractivity contribution in [1.82, 2.24) is 30.7 Å². The Labute approximate surface area is 198 Å². The van der Waals surface area contributed by atoms with E-state index < -0.39 is 5.91 Å². The number of nitrogens with zero attached hydrogens (tertiary/aromatic N) is 6. The summed E-state index contributed by atoms with van der Waals surface area (Å²) in [7, 11) is 0. The van der Waals surface area contributed by atoms with Crippen LogP contribution in [0.15, 0.2) is 63.2 Å². The molecule has 1 amide bonds. The summed E-state index contributed by atoms with van der Waals surface area (Å²) in [6.07, 6.45) is 0. The molecular weight excluding hydrogens is 464 g/mol. The van der Waals surface area contributed by atoms with Crippen molar-refractivity contribution in [2.75, 3.05) is 5.73 Å². The number of benzene rings is 2. The molecule has 4 rings (SSSR count). The van der Waals surface area contributed by atoms with Crippen molar-refractivity contribution in [3.63, 3.8) is 0 Å². The molecule has 3 N–H and O–H groups in total. The second-order valence-electron chi connectivity index (χ2n) is 7.02. The Morgan fingerprint density at radius 2 is 1.91 bits per heavy atom. The first kappa shape index (κ1) is 22.5. The molecule has 0 atom stereocenters. The zero-order chi connectivity index (χ0) is 23.4. The second kappa shape index (κ2) is 9.84. The fourth-order valence-electron chi connectivity index (χ4n) is 2.84. The fraction of sp³-hybridized carbons (Fsp3) is 0.143. The number of anilines is 1. The van der Waals surface area contributed by atoms with E-state index in [1.807, 2.05) is 43.3 Å². The Hall–Kier alpha value is -3.70. The van der Waals surface area contributed by atoms with Gasteiger partial charge in [0.2, 0.25) is 11.6 Å². The number of nitrogens with two attached hydrogens (primary N) is 1. The molecule has 0 saturated carbocycles. The predicted octanol–water partition coefficient (Wildman–Crippen LogP) is 3.64. The summed E-state index contributed by atoms with van der Waals surface area (Å²) in [4.78, 5) is 13.9. The van der Waals surface area contributed by atoms with Crippen LogP contribution < -0.4 is 11.2 Å². The summed E-state index contributed by atoms with van der Waals surface area (Å²) in [5, 5.41) is 20.2. The Morgan fingerprint density at radius 1 is 1.18 bits per heavy atom. The number of carbonyl (C=O) groups is 1. The van der Waals surface area contributed by atoms with Gasteiger partial charge in [0.05, 0.1) is 11.4 Å². The average Bonchev–Trinajstić information content (AvgIpc) is 3.43. The Morgan fingerprint density at radius 3 is 2.58 bits per heavy atom. The fourth-order valence-corrected chi connectivity index (χ4v) is 3.86. The molecule has 0 spiro atoms. The van der Waals surface area contributed by atoms with Gasteiger partial charge in [0.1, 0.15) is 0 Å². The van der Waals surface area contributed by atoms with Gasteiger partial charge in [-0.05, 0) is 54.0 Å². The number of amides is 1. The third-order valence-electron chi connectivity index (χ3n) is 4.66. The number of thioether (sulfide) groups is 1. The normalized spacial score (nSPS) is 11.5. The van der Waals surface area contributed by atoms with Gasteiger partial charge in [0.25, 0.3) is 5.91 Å². The van der Waals surface area contributed by atoms with E-state index in [-0.39, 0.29) is 17.3 Å². The predicted molar refractivity (Wildman–Crippen MR) is 125 cm³/mol. The maximum atomic E-state index is 12.9. The van der Waals surface area contributed by atoms with Crippen LogP contribution in [0.25, 0.3) is 5.82 Å². The quantitative estimate of drug-likeness (QED) is 0.231. The van der Waals surface area contributed by atoms with Crippen molar-refractivity contribution in [2.45, 2.75) is 24.5 Å². The highest BCUT2D eigenvalue weighted by Gasteiger charge is 2.24. The number of aromatic nitrogens is 5. The number of aryl methyl sites for hydroxylation is 1. The highest BCUT2D eigenvalue weighted by Crippen LogP contribution is 2.26.